The molecule has 0 bridgehead atoms. The molecule has 0 saturated heterocycles. The summed E-state index contributed by atoms with van der Waals surface area (Å²) in [5, 5.41) is 15.5. The standard InChI is InChI=1S/C16H14ClN5O/c1-11-3-2-4-14(9-11)18-15(23)10-22-20-16(19-21-22)12-5-7-13(17)8-6-12/h2-9H,10H2,1H3,(H,18,23). The summed E-state index contributed by atoms with van der Waals surface area (Å²) in [5.74, 6) is 0.237. The summed E-state index contributed by atoms with van der Waals surface area (Å²) in [6.45, 7) is 1.96. The van der Waals surface area contributed by atoms with Gasteiger partial charge in [-0.25, -0.2) is 0 Å². The Morgan fingerprint density at radius 3 is 2.74 bits per heavy atom. The molecule has 0 saturated carbocycles. The number of hydrogen-bond donors (Lipinski definition) is 1. The maximum absolute atomic E-state index is 12.0. The number of benzene rings is 2. The summed E-state index contributed by atoms with van der Waals surface area (Å²) in [5.41, 5.74) is 2.61. The predicted octanol–water partition coefficient (Wildman–Crippen LogP) is 2.94. The van der Waals surface area contributed by atoms with Crippen LogP contribution in [0.25, 0.3) is 11.4 Å². The largest absolute Gasteiger partial charge is 0.324 e. The van der Waals surface area contributed by atoms with Crippen molar-refractivity contribution in [2.24, 2.45) is 0 Å². The van der Waals surface area contributed by atoms with E-state index in [1.165, 1.54) is 4.80 Å². The number of carbonyl (C=O) groups is 1. The first-order chi connectivity index (χ1) is 11.1. The van der Waals surface area contributed by atoms with Crippen LogP contribution in [0.4, 0.5) is 5.69 Å². The number of aryl methyl sites for hydroxylation is 1. The number of hydrogen-bond acceptors (Lipinski definition) is 4. The monoisotopic (exact) mass is 327 g/mol. The van der Waals surface area contributed by atoms with Gasteiger partial charge in [0.1, 0.15) is 6.54 Å². The van der Waals surface area contributed by atoms with E-state index in [2.05, 4.69) is 20.7 Å². The maximum Gasteiger partial charge on any atom is 0.248 e. The van der Waals surface area contributed by atoms with Gasteiger partial charge in [-0.3, -0.25) is 4.79 Å². The van der Waals surface area contributed by atoms with Crippen LogP contribution in [-0.4, -0.2) is 26.1 Å². The van der Waals surface area contributed by atoms with Crippen molar-refractivity contribution in [2.75, 3.05) is 5.32 Å². The number of anilines is 1. The van der Waals surface area contributed by atoms with Gasteiger partial charge in [0.05, 0.1) is 0 Å². The highest BCUT2D eigenvalue weighted by Gasteiger charge is 2.09. The molecule has 3 rings (SSSR count). The molecule has 0 radical (unpaired) electrons. The normalized spacial score (nSPS) is 10.5. The van der Waals surface area contributed by atoms with Gasteiger partial charge in [0, 0.05) is 16.3 Å². The number of nitrogens with one attached hydrogen (secondary N) is 1. The number of carbonyl (C=O) groups excluding carboxylic acids is 1. The summed E-state index contributed by atoms with van der Waals surface area (Å²) in [4.78, 5) is 13.3. The molecule has 116 valence electrons. The molecule has 23 heavy (non-hydrogen) atoms. The summed E-state index contributed by atoms with van der Waals surface area (Å²) in [6, 6.07) is 14.7. The molecule has 0 fully saturated rings. The summed E-state index contributed by atoms with van der Waals surface area (Å²) in [6.07, 6.45) is 0. The number of amides is 1. The van der Waals surface area contributed by atoms with Crippen LogP contribution in [0.15, 0.2) is 48.5 Å². The number of aromatic nitrogens is 4. The fraction of sp³-hybridized carbons (Fsp3) is 0.125. The van der Waals surface area contributed by atoms with Crippen LogP contribution >= 0.6 is 11.6 Å². The summed E-state index contributed by atoms with van der Waals surface area (Å²) < 4.78 is 0. The van der Waals surface area contributed by atoms with E-state index in [0.717, 1.165) is 16.8 Å². The minimum absolute atomic E-state index is 0.00542. The van der Waals surface area contributed by atoms with Crippen LogP contribution in [0, 0.1) is 6.92 Å². The molecular weight excluding hydrogens is 314 g/mol. The van der Waals surface area contributed by atoms with E-state index in [0.29, 0.717) is 10.8 Å². The maximum atomic E-state index is 12.0. The Morgan fingerprint density at radius 2 is 2.00 bits per heavy atom. The molecule has 1 N–H and O–H groups in total. The van der Waals surface area contributed by atoms with Crippen LogP contribution in [-0.2, 0) is 11.3 Å². The van der Waals surface area contributed by atoms with Crippen molar-refractivity contribution in [1.29, 1.82) is 0 Å². The molecule has 6 nitrogen and oxygen atoms in total. The highest BCUT2D eigenvalue weighted by molar-refractivity contribution is 6.30. The van der Waals surface area contributed by atoms with Crippen molar-refractivity contribution in [3.05, 3.63) is 59.1 Å². The van der Waals surface area contributed by atoms with Crippen LogP contribution < -0.4 is 5.32 Å². The lowest BCUT2D eigenvalue weighted by molar-refractivity contribution is -0.117. The summed E-state index contributed by atoms with van der Waals surface area (Å²) in [7, 11) is 0. The van der Waals surface area contributed by atoms with Crippen molar-refractivity contribution in [3.63, 3.8) is 0 Å². The lowest BCUT2D eigenvalue weighted by Gasteiger charge is -2.04. The smallest absolute Gasteiger partial charge is 0.248 e. The fourth-order valence-electron chi connectivity index (χ4n) is 2.08. The van der Waals surface area contributed by atoms with Gasteiger partial charge in [-0.05, 0) is 54.1 Å². The molecule has 0 unspecified atom stereocenters. The van der Waals surface area contributed by atoms with Crippen LogP contribution in [0.1, 0.15) is 5.56 Å². The lowest BCUT2D eigenvalue weighted by atomic mass is 10.2. The van der Waals surface area contributed by atoms with E-state index in [4.69, 9.17) is 11.6 Å². The number of halogens is 1. The number of rotatable bonds is 4. The minimum Gasteiger partial charge on any atom is -0.324 e. The van der Waals surface area contributed by atoms with Gasteiger partial charge >= 0.3 is 0 Å². The second-order valence-corrected chi connectivity index (χ2v) is 5.50. The topological polar surface area (TPSA) is 72.7 Å². The zero-order chi connectivity index (χ0) is 16.2. The number of tetrazole rings is 1. The molecule has 0 aliphatic carbocycles. The zero-order valence-electron chi connectivity index (χ0n) is 12.4. The highest BCUT2D eigenvalue weighted by atomic mass is 35.5. The first-order valence-corrected chi connectivity index (χ1v) is 7.38. The van der Waals surface area contributed by atoms with Gasteiger partial charge < -0.3 is 5.32 Å². The zero-order valence-corrected chi connectivity index (χ0v) is 13.2. The predicted molar refractivity (Wildman–Crippen MR) is 88.1 cm³/mol. The highest BCUT2D eigenvalue weighted by Crippen LogP contribution is 2.17. The van der Waals surface area contributed by atoms with Crippen LogP contribution in [0.2, 0.25) is 5.02 Å². The van der Waals surface area contributed by atoms with Crippen LogP contribution in [0.5, 0.6) is 0 Å². The average Bonchev–Trinajstić information content (AvgIpc) is 2.96. The van der Waals surface area contributed by atoms with Crippen molar-refractivity contribution < 1.29 is 4.79 Å². The molecule has 0 aliphatic heterocycles. The van der Waals surface area contributed by atoms with Gasteiger partial charge in [-0.2, -0.15) is 4.80 Å². The molecule has 3 aromatic rings. The molecular formula is C16H14ClN5O. The Bertz CT molecular complexity index is 828. The first kappa shape index (κ1) is 15.2. The molecule has 1 aromatic heterocycles. The fourth-order valence-corrected chi connectivity index (χ4v) is 2.20. The second-order valence-electron chi connectivity index (χ2n) is 5.07. The Hall–Kier alpha value is -2.73. The molecule has 7 heteroatoms. The minimum atomic E-state index is -0.212. The molecule has 0 spiro atoms. The Labute approximate surface area is 138 Å². The third-order valence-corrected chi connectivity index (χ3v) is 3.39. The van der Waals surface area contributed by atoms with Crippen molar-refractivity contribution in [1.82, 2.24) is 20.2 Å². The second kappa shape index (κ2) is 6.58. The summed E-state index contributed by atoms with van der Waals surface area (Å²) >= 11 is 5.85. The van der Waals surface area contributed by atoms with Gasteiger partial charge in [0.2, 0.25) is 11.7 Å². The molecule has 0 atom stereocenters. The van der Waals surface area contributed by atoms with Crippen LogP contribution in [0.3, 0.4) is 0 Å². The van der Waals surface area contributed by atoms with E-state index in [1.54, 1.807) is 24.3 Å². The van der Waals surface area contributed by atoms with Gasteiger partial charge in [0.25, 0.3) is 0 Å². The molecule has 1 amide bonds. The van der Waals surface area contributed by atoms with Crippen molar-refractivity contribution in [3.8, 4) is 11.4 Å². The Balaban J connectivity index is 1.66. The third kappa shape index (κ3) is 3.92. The SMILES string of the molecule is Cc1cccc(NC(=O)Cn2nnc(-c3ccc(Cl)cc3)n2)c1. The van der Waals surface area contributed by atoms with Crippen molar-refractivity contribution >= 4 is 23.2 Å². The Kier molecular flexibility index (Phi) is 4.34. The van der Waals surface area contributed by atoms with E-state index >= 15 is 0 Å². The third-order valence-electron chi connectivity index (χ3n) is 3.14. The van der Waals surface area contributed by atoms with E-state index < -0.39 is 0 Å². The molecule has 1 heterocycles. The van der Waals surface area contributed by atoms with E-state index in [-0.39, 0.29) is 12.5 Å². The molecule has 0 aliphatic rings. The van der Waals surface area contributed by atoms with E-state index in [1.807, 2.05) is 31.2 Å². The Morgan fingerprint density at radius 1 is 1.22 bits per heavy atom. The average molecular weight is 328 g/mol. The number of nitrogens with zero attached hydrogens (tertiary/aromatic N) is 4. The molecule has 2 aromatic carbocycles. The van der Waals surface area contributed by atoms with Crippen molar-refractivity contribution in [2.45, 2.75) is 13.5 Å². The van der Waals surface area contributed by atoms with Gasteiger partial charge in [0.15, 0.2) is 0 Å². The lowest BCUT2D eigenvalue weighted by Crippen LogP contribution is -2.20. The first-order valence-electron chi connectivity index (χ1n) is 7.00. The quantitative estimate of drug-likeness (QED) is 0.799. The van der Waals surface area contributed by atoms with E-state index in [9.17, 15) is 4.79 Å². The van der Waals surface area contributed by atoms with Gasteiger partial charge in [-0.15, -0.1) is 10.2 Å². The van der Waals surface area contributed by atoms with Gasteiger partial charge in [-0.1, -0.05) is 23.7 Å².